The van der Waals surface area contributed by atoms with Crippen LogP contribution in [0.3, 0.4) is 0 Å². The van der Waals surface area contributed by atoms with Crippen LogP contribution in [-0.4, -0.2) is 59.9 Å². The van der Waals surface area contributed by atoms with Crippen molar-refractivity contribution < 1.29 is 8.42 Å². The van der Waals surface area contributed by atoms with Crippen LogP contribution in [0.5, 0.6) is 0 Å². The van der Waals surface area contributed by atoms with Gasteiger partial charge in [-0.1, -0.05) is 29.8 Å². The van der Waals surface area contributed by atoms with E-state index < -0.39 is 9.84 Å². The molecule has 2 atom stereocenters. The van der Waals surface area contributed by atoms with E-state index in [0.29, 0.717) is 0 Å². The van der Waals surface area contributed by atoms with Gasteiger partial charge in [0.05, 0.1) is 11.5 Å². The van der Waals surface area contributed by atoms with Crippen molar-refractivity contribution in [3.8, 4) is 0 Å². The minimum Gasteiger partial charge on any atom is -0.292 e. The van der Waals surface area contributed by atoms with Gasteiger partial charge in [0.2, 0.25) is 0 Å². The van der Waals surface area contributed by atoms with Gasteiger partial charge >= 0.3 is 0 Å². The molecule has 0 amide bonds. The highest BCUT2D eigenvalue weighted by molar-refractivity contribution is 7.91. The molecule has 3 heterocycles. The largest absolute Gasteiger partial charge is 0.292 e. The van der Waals surface area contributed by atoms with Crippen LogP contribution in [0.25, 0.3) is 0 Å². The van der Waals surface area contributed by atoms with E-state index in [4.69, 9.17) is 0 Å². The van der Waals surface area contributed by atoms with Gasteiger partial charge in [0.25, 0.3) is 0 Å². The average molecular weight is 386 g/mol. The first-order valence-corrected chi connectivity index (χ1v) is 11.4. The standard InChI is InChI=1S/C21H27N3O2S/c1-16-5-6-17(2)19(10-16)13-24-9-8-23(12-18-4-3-7-22-11-18)20-14-27(25,26)15-21(20)24/h3-7,10-11,20-21H,8-9,12-15H2,1-2H3/t20-,21+/m1/s1. The summed E-state index contributed by atoms with van der Waals surface area (Å²) in [5.74, 6) is 0.535. The second-order valence-electron chi connectivity index (χ2n) is 7.94. The maximum atomic E-state index is 12.4. The molecule has 0 N–H and O–H groups in total. The Hall–Kier alpha value is -1.76. The molecule has 6 heteroatoms. The molecular weight excluding hydrogens is 358 g/mol. The fourth-order valence-corrected chi connectivity index (χ4v) is 6.45. The summed E-state index contributed by atoms with van der Waals surface area (Å²) in [4.78, 5) is 8.92. The van der Waals surface area contributed by atoms with E-state index in [-0.39, 0.29) is 23.6 Å². The van der Waals surface area contributed by atoms with E-state index in [1.807, 2.05) is 12.3 Å². The number of benzene rings is 1. The third-order valence-corrected chi connectivity index (χ3v) is 7.59. The lowest BCUT2D eigenvalue weighted by Gasteiger charge is -2.44. The summed E-state index contributed by atoms with van der Waals surface area (Å²) >= 11 is 0. The molecule has 0 unspecified atom stereocenters. The van der Waals surface area contributed by atoms with Gasteiger partial charge in [0, 0.05) is 50.7 Å². The maximum absolute atomic E-state index is 12.4. The van der Waals surface area contributed by atoms with E-state index in [1.54, 1.807) is 6.20 Å². The highest BCUT2D eigenvalue weighted by Crippen LogP contribution is 2.29. The van der Waals surface area contributed by atoms with E-state index in [2.05, 4.69) is 52.9 Å². The Morgan fingerprint density at radius 3 is 2.41 bits per heavy atom. The summed E-state index contributed by atoms with van der Waals surface area (Å²) in [5.41, 5.74) is 4.97. The quantitative estimate of drug-likeness (QED) is 0.808. The number of nitrogens with zero attached hydrogens (tertiary/aromatic N) is 3. The van der Waals surface area contributed by atoms with Crippen LogP contribution in [0, 0.1) is 13.8 Å². The Bertz CT molecular complexity index is 914. The lowest BCUT2D eigenvalue weighted by molar-refractivity contribution is 0.0353. The highest BCUT2D eigenvalue weighted by Gasteiger charge is 2.46. The topological polar surface area (TPSA) is 53.5 Å². The second kappa shape index (κ2) is 7.34. The number of piperazine rings is 1. The van der Waals surface area contributed by atoms with Crippen molar-refractivity contribution in [3.05, 3.63) is 65.0 Å². The second-order valence-corrected chi connectivity index (χ2v) is 10.1. The molecule has 2 aliphatic heterocycles. The molecule has 2 aromatic rings. The normalized spacial score (nSPS) is 25.4. The highest BCUT2D eigenvalue weighted by atomic mass is 32.2. The van der Waals surface area contributed by atoms with Crippen molar-refractivity contribution in [1.29, 1.82) is 0 Å². The van der Waals surface area contributed by atoms with Crippen LogP contribution in [0.1, 0.15) is 22.3 Å². The maximum Gasteiger partial charge on any atom is 0.153 e. The van der Waals surface area contributed by atoms with E-state index in [0.717, 1.165) is 31.7 Å². The van der Waals surface area contributed by atoms with Crippen molar-refractivity contribution in [2.75, 3.05) is 24.6 Å². The van der Waals surface area contributed by atoms with Crippen molar-refractivity contribution in [1.82, 2.24) is 14.8 Å². The van der Waals surface area contributed by atoms with Gasteiger partial charge in [-0.15, -0.1) is 0 Å². The minimum absolute atomic E-state index is 0.0640. The third-order valence-electron chi connectivity index (χ3n) is 5.89. The summed E-state index contributed by atoms with van der Waals surface area (Å²) in [6.07, 6.45) is 3.65. The Kier molecular flexibility index (Phi) is 5.05. The Labute approximate surface area is 161 Å². The smallest absolute Gasteiger partial charge is 0.153 e. The zero-order chi connectivity index (χ0) is 19.0. The molecule has 2 aliphatic rings. The first-order valence-electron chi connectivity index (χ1n) is 9.55. The van der Waals surface area contributed by atoms with Gasteiger partial charge in [-0.05, 0) is 36.6 Å². The molecule has 0 saturated carbocycles. The number of hydrogen-bond acceptors (Lipinski definition) is 5. The van der Waals surface area contributed by atoms with Gasteiger partial charge in [-0.2, -0.15) is 0 Å². The Balaban J connectivity index is 1.56. The number of sulfone groups is 1. The molecule has 2 fully saturated rings. The van der Waals surface area contributed by atoms with E-state index in [1.165, 1.54) is 16.7 Å². The molecule has 144 valence electrons. The van der Waals surface area contributed by atoms with Crippen LogP contribution in [-0.2, 0) is 22.9 Å². The van der Waals surface area contributed by atoms with Crippen LogP contribution in [0.4, 0.5) is 0 Å². The van der Waals surface area contributed by atoms with E-state index >= 15 is 0 Å². The molecule has 1 aromatic carbocycles. The van der Waals surface area contributed by atoms with Crippen molar-refractivity contribution in [2.45, 2.75) is 39.0 Å². The van der Waals surface area contributed by atoms with Crippen LogP contribution >= 0.6 is 0 Å². The summed E-state index contributed by atoms with van der Waals surface area (Å²) in [6.45, 7) is 7.61. The molecule has 4 rings (SSSR count). The molecule has 0 aliphatic carbocycles. The lowest BCUT2D eigenvalue weighted by Crippen LogP contribution is -2.58. The van der Waals surface area contributed by atoms with Gasteiger partial charge in [0.15, 0.2) is 9.84 Å². The number of pyridine rings is 1. The van der Waals surface area contributed by atoms with Gasteiger partial charge < -0.3 is 0 Å². The summed E-state index contributed by atoms with van der Waals surface area (Å²) in [7, 11) is -3.00. The van der Waals surface area contributed by atoms with E-state index in [9.17, 15) is 8.42 Å². The summed E-state index contributed by atoms with van der Waals surface area (Å²) in [6, 6.07) is 10.7. The first kappa shape index (κ1) is 18.6. The number of hydrogen-bond donors (Lipinski definition) is 0. The molecule has 0 spiro atoms. The number of aromatic nitrogens is 1. The predicted octanol–water partition coefficient (Wildman–Crippen LogP) is 2.18. The zero-order valence-electron chi connectivity index (χ0n) is 16.0. The molecule has 0 bridgehead atoms. The number of fused-ring (bicyclic) bond motifs is 1. The van der Waals surface area contributed by atoms with Gasteiger partial charge in [-0.25, -0.2) is 8.42 Å². The van der Waals surface area contributed by atoms with Crippen molar-refractivity contribution in [2.24, 2.45) is 0 Å². The number of aryl methyl sites for hydroxylation is 2. The summed E-state index contributed by atoms with van der Waals surface area (Å²) in [5, 5.41) is 0. The molecule has 5 nitrogen and oxygen atoms in total. The van der Waals surface area contributed by atoms with Gasteiger partial charge in [0.1, 0.15) is 0 Å². The zero-order valence-corrected chi connectivity index (χ0v) is 16.8. The van der Waals surface area contributed by atoms with Crippen LogP contribution in [0.15, 0.2) is 42.7 Å². The van der Waals surface area contributed by atoms with Crippen molar-refractivity contribution in [3.63, 3.8) is 0 Å². The SMILES string of the molecule is Cc1ccc(C)c(CN2CCN(Cc3cccnc3)[C@@H]3CS(=O)(=O)C[C@@H]32)c1. The summed E-state index contributed by atoms with van der Waals surface area (Å²) < 4.78 is 24.9. The predicted molar refractivity (Wildman–Crippen MR) is 107 cm³/mol. The fraction of sp³-hybridized carbons (Fsp3) is 0.476. The molecule has 1 aromatic heterocycles. The van der Waals surface area contributed by atoms with Crippen LogP contribution < -0.4 is 0 Å². The Morgan fingerprint density at radius 1 is 1.04 bits per heavy atom. The van der Waals surface area contributed by atoms with Gasteiger partial charge in [-0.3, -0.25) is 14.8 Å². The Morgan fingerprint density at radius 2 is 1.74 bits per heavy atom. The first-order chi connectivity index (χ1) is 12.9. The third kappa shape index (κ3) is 4.08. The molecule has 2 saturated heterocycles. The lowest BCUT2D eigenvalue weighted by atomic mass is 10.0. The fourth-order valence-electron chi connectivity index (χ4n) is 4.40. The molecule has 0 radical (unpaired) electrons. The van der Waals surface area contributed by atoms with Crippen molar-refractivity contribution >= 4 is 9.84 Å². The number of rotatable bonds is 4. The monoisotopic (exact) mass is 385 g/mol. The molecular formula is C21H27N3O2S. The average Bonchev–Trinajstić information content (AvgIpc) is 2.97. The minimum atomic E-state index is -3.00. The molecule has 27 heavy (non-hydrogen) atoms. The van der Waals surface area contributed by atoms with Crippen LogP contribution in [0.2, 0.25) is 0 Å².